The van der Waals surface area contributed by atoms with Gasteiger partial charge in [0.2, 0.25) is 5.82 Å². The smallest absolute Gasteiger partial charge is 0.313 e. The molecule has 6 nitrogen and oxygen atoms in total. The topological polar surface area (TPSA) is 60.8 Å². The molecule has 1 atom stereocenters. The van der Waals surface area contributed by atoms with Crippen molar-refractivity contribution >= 4 is 28.6 Å². The fourth-order valence-corrected chi connectivity index (χ4v) is 3.41. The van der Waals surface area contributed by atoms with Crippen LogP contribution < -0.4 is 4.74 Å². The number of nitrogens with zero attached hydrogens (tertiary/aromatic N) is 2. The number of fused-ring (bicyclic) bond motifs is 3. The summed E-state index contributed by atoms with van der Waals surface area (Å²) in [7, 11) is 0. The minimum absolute atomic E-state index is 0.0381. The molecule has 0 N–H and O–H groups in total. The van der Waals surface area contributed by atoms with Gasteiger partial charge in [-0.3, -0.25) is 14.2 Å². The molecule has 0 saturated carbocycles. The second-order valence-electron chi connectivity index (χ2n) is 6.14. The van der Waals surface area contributed by atoms with E-state index in [2.05, 4.69) is 0 Å². The molecule has 4 rings (SSSR count). The number of hydrogen-bond acceptors (Lipinski definition) is 5. The molecule has 0 amide bonds. The monoisotopic (exact) mass is 362 g/mol. The average molecular weight is 362 g/mol. The molecule has 0 bridgehead atoms. The fourth-order valence-electron chi connectivity index (χ4n) is 3.41. The van der Waals surface area contributed by atoms with Crippen molar-refractivity contribution < 1.29 is 19.2 Å². The Hall–Kier alpha value is -3.34. The summed E-state index contributed by atoms with van der Waals surface area (Å²) in [6.07, 6.45) is 0.0381. The summed E-state index contributed by atoms with van der Waals surface area (Å²) >= 11 is 0. The number of hydrogen-bond donors (Lipinski definition) is 0. The predicted molar refractivity (Wildman–Crippen MR) is 100 cm³/mol. The number of hydroxylamine groups is 2. The van der Waals surface area contributed by atoms with Crippen molar-refractivity contribution in [3.8, 4) is 5.75 Å². The van der Waals surface area contributed by atoms with Crippen molar-refractivity contribution in [2.45, 2.75) is 19.4 Å². The highest BCUT2D eigenvalue weighted by molar-refractivity contribution is 5.91. The molecule has 136 valence electrons. The van der Waals surface area contributed by atoms with Gasteiger partial charge in [0.25, 0.3) is 0 Å². The summed E-state index contributed by atoms with van der Waals surface area (Å²) in [5.74, 6) is 2.28. The number of ether oxygens (including phenoxy) is 1. The van der Waals surface area contributed by atoms with E-state index in [1.165, 1.54) is 5.06 Å². The van der Waals surface area contributed by atoms with Crippen LogP contribution in [0.2, 0.25) is 0 Å². The predicted octanol–water partition coefficient (Wildman–Crippen LogP) is 3.58. The van der Waals surface area contributed by atoms with Crippen LogP contribution in [-0.4, -0.2) is 28.1 Å². The molecule has 0 fully saturated rings. The zero-order valence-corrected chi connectivity index (χ0v) is 14.8. The average Bonchev–Trinajstić information content (AvgIpc) is 3.18. The van der Waals surface area contributed by atoms with E-state index in [0.717, 1.165) is 16.6 Å². The van der Waals surface area contributed by atoms with Crippen molar-refractivity contribution in [3.05, 3.63) is 66.4 Å². The first-order valence-corrected chi connectivity index (χ1v) is 8.76. The Morgan fingerprint density at radius 2 is 1.85 bits per heavy atom. The molecular weight excluding hydrogens is 344 g/mol. The van der Waals surface area contributed by atoms with Crippen LogP contribution >= 0.6 is 0 Å². The molecule has 3 aromatic rings. The molecule has 6 heteroatoms. The highest BCUT2D eigenvalue weighted by Gasteiger charge is 2.39. The van der Waals surface area contributed by atoms with Crippen molar-refractivity contribution in [2.75, 3.05) is 6.61 Å². The van der Waals surface area contributed by atoms with E-state index in [1.54, 1.807) is 28.8 Å². The van der Waals surface area contributed by atoms with Gasteiger partial charge in [-0.25, -0.2) is 9.86 Å². The first-order chi connectivity index (χ1) is 13.2. The molecule has 1 aliphatic rings. The lowest BCUT2D eigenvalue weighted by atomic mass is 10.1. The standard InChI is InChI=1S/C21H18N2O4/c1-2-26-23-19(13-21(25)27-16-9-4-3-5-10-16)18-12-15-8-6-7-11-17(15)22(18)20(23)14-24/h3-12,19H,2,13H2,1H3. The van der Waals surface area contributed by atoms with Gasteiger partial charge in [0.1, 0.15) is 11.8 Å². The number of para-hydroxylation sites is 2. The maximum atomic E-state index is 12.5. The van der Waals surface area contributed by atoms with Gasteiger partial charge in [0.15, 0.2) is 5.94 Å². The van der Waals surface area contributed by atoms with Crippen LogP contribution in [0.3, 0.4) is 0 Å². The van der Waals surface area contributed by atoms with Gasteiger partial charge in [-0.15, -0.1) is 0 Å². The molecule has 1 unspecified atom stereocenters. The summed E-state index contributed by atoms with van der Waals surface area (Å²) in [5, 5.41) is 2.44. The Kier molecular flexibility index (Phi) is 4.50. The Balaban J connectivity index is 1.70. The van der Waals surface area contributed by atoms with Gasteiger partial charge in [0, 0.05) is 5.39 Å². The van der Waals surface area contributed by atoms with Crippen LogP contribution in [0.25, 0.3) is 16.7 Å². The van der Waals surface area contributed by atoms with Gasteiger partial charge in [-0.2, -0.15) is 0 Å². The normalized spacial score (nSPS) is 15.7. The third-order valence-corrected chi connectivity index (χ3v) is 4.48. The maximum Gasteiger partial charge on any atom is 0.313 e. The number of esters is 1. The van der Waals surface area contributed by atoms with Crippen molar-refractivity contribution in [1.29, 1.82) is 0 Å². The molecule has 0 spiro atoms. The highest BCUT2D eigenvalue weighted by atomic mass is 16.7. The number of aromatic nitrogens is 1. The summed E-state index contributed by atoms with van der Waals surface area (Å²) in [6.45, 7) is 2.19. The van der Waals surface area contributed by atoms with E-state index in [9.17, 15) is 9.59 Å². The van der Waals surface area contributed by atoms with Gasteiger partial charge < -0.3 is 4.74 Å². The maximum absolute atomic E-state index is 12.5. The summed E-state index contributed by atoms with van der Waals surface area (Å²) in [4.78, 5) is 29.9. The number of carbonyl (C=O) groups is 1. The van der Waals surface area contributed by atoms with Gasteiger partial charge in [-0.1, -0.05) is 36.4 Å². The lowest BCUT2D eigenvalue weighted by Gasteiger charge is -2.23. The lowest BCUT2D eigenvalue weighted by molar-refractivity contribution is -0.149. The number of rotatable bonds is 5. The fraction of sp³-hybridized carbons (Fsp3) is 0.190. The molecule has 1 aromatic heterocycles. The molecule has 1 aliphatic heterocycles. The highest BCUT2D eigenvalue weighted by Crippen LogP contribution is 2.41. The summed E-state index contributed by atoms with van der Waals surface area (Å²) in [6, 6.07) is 18.1. The second-order valence-corrected chi connectivity index (χ2v) is 6.14. The van der Waals surface area contributed by atoms with Crippen LogP contribution in [0.1, 0.15) is 25.1 Å². The first-order valence-electron chi connectivity index (χ1n) is 8.76. The first kappa shape index (κ1) is 17.1. The molecule has 2 heterocycles. The quantitative estimate of drug-likeness (QED) is 0.394. The lowest BCUT2D eigenvalue weighted by Crippen LogP contribution is -2.26. The van der Waals surface area contributed by atoms with Crippen molar-refractivity contribution in [1.82, 2.24) is 9.63 Å². The van der Waals surface area contributed by atoms with Crippen LogP contribution in [0.15, 0.2) is 60.7 Å². The van der Waals surface area contributed by atoms with Crippen LogP contribution in [0, 0.1) is 0 Å². The molecule has 0 radical (unpaired) electrons. The van der Waals surface area contributed by atoms with E-state index in [4.69, 9.17) is 9.57 Å². The zero-order chi connectivity index (χ0) is 18.8. The second kappa shape index (κ2) is 7.11. The number of benzene rings is 2. The molecule has 0 saturated heterocycles. The van der Waals surface area contributed by atoms with E-state index >= 15 is 0 Å². The molecular formula is C21H18N2O4. The summed E-state index contributed by atoms with van der Waals surface area (Å²) < 4.78 is 7.21. The number of carbonyl (C=O) groups excluding carboxylic acids is 2. The van der Waals surface area contributed by atoms with E-state index in [0.29, 0.717) is 12.4 Å². The zero-order valence-electron chi connectivity index (χ0n) is 14.8. The van der Waals surface area contributed by atoms with Crippen molar-refractivity contribution in [2.24, 2.45) is 0 Å². The van der Waals surface area contributed by atoms with Gasteiger partial charge >= 0.3 is 5.97 Å². The summed E-state index contributed by atoms with van der Waals surface area (Å²) in [5.41, 5.74) is 1.67. The SMILES string of the molecule is CCON1C(=C=O)n2c(cc3ccccc32)C1CC(=O)Oc1ccccc1. The third-order valence-electron chi connectivity index (χ3n) is 4.48. The Morgan fingerprint density at radius 3 is 2.59 bits per heavy atom. The van der Waals surface area contributed by atoms with Crippen LogP contribution in [-0.2, 0) is 14.4 Å². The van der Waals surface area contributed by atoms with Gasteiger partial charge in [-0.05, 0) is 31.2 Å². The van der Waals surface area contributed by atoms with E-state index in [1.807, 2.05) is 49.3 Å². The van der Waals surface area contributed by atoms with Crippen LogP contribution in [0.5, 0.6) is 5.75 Å². The molecule has 27 heavy (non-hydrogen) atoms. The van der Waals surface area contributed by atoms with Gasteiger partial charge in [0.05, 0.1) is 24.2 Å². The minimum Gasteiger partial charge on any atom is -0.426 e. The largest absolute Gasteiger partial charge is 0.426 e. The Morgan fingerprint density at radius 1 is 1.11 bits per heavy atom. The van der Waals surface area contributed by atoms with Crippen molar-refractivity contribution in [3.63, 3.8) is 0 Å². The Labute approximate surface area is 156 Å². The molecule has 0 aliphatic carbocycles. The van der Waals surface area contributed by atoms with E-state index < -0.39 is 12.0 Å². The third kappa shape index (κ3) is 3.01. The molecule has 2 aromatic carbocycles. The van der Waals surface area contributed by atoms with E-state index in [-0.39, 0.29) is 12.2 Å². The van der Waals surface area contributed by atoms with Crippen LogP contribution in [0.4, 0.5) is 0 Å². The minimum atomic E-state index is -0.468. The Bertz CT molecular complexity index is 1030.